The summed E-state index contributed by atoms with van der Waals surface area (Å²) in [5.41, 5.74) is 2.93. The zero-order chi connectivity index (χ0) is 18.9. The number of carbonyl (C=O) groups is 1. The quantitative estimate of drug-likeness (QED) is 0.748. The van der Waals surface area contributed by atoms with Crippen molar-refractivity contribution in [2.75, 3.05) is 13.1 Å². The maximum Gasteiger partial charge on any atom is 0.253 e. The van der Waals surface area contributed by atoms with Gasteiger partial charge < -0.3 is 9.88 Å². The largest absolute Gasteiger partial charge is 0.361 e. The third-order valence-electron chi connectivity index (χ3n) is 6.38. The van der Waals surface area contributed by atoms with E-state index in [4.69, 9.17) is 0 Å². The topological polar surface area (TPSA) is 66.8 Å². The molecule has 1 aliphatic carbocycles. The van der Waals surface area contributed by atoms with E-state index in [9.17, 15) is 4.79 Å². The number of aromatic amines is 1. The number of nitrogens with one attached hydrogen (secondary N) is 1. The molecule has 2 fully saturated rings. The molecule has 6 nitrogen and oxygen atoms in total. The van der Waals surface area contributed by atoms with Crippen LogP contribution >= 0.6 is 0 Å². The van der Waals surface area contributed by atoms with Crippen LogP contribution in [-0.2, 0) is 6.54 Å². The molecule has 1 aromatic carbocycles. The van der Waals surface area contributed by atoms with Crippen molar-refractivity contribution >= 4 is 16.8 Å². The van der Waals surface area contributed by atoms with Gasteiger partial charge in [0.15, 0.2) is 0 Å². The number of likely N-dealkylation sites (tertiary alicyclic amines) is 1. The van der Waals surface area contributed by atoms with Crippen molar-refractivity contribution in [1.29, 1.82) is 0 Å². The molecule has 0 spiro atoms. The van der Waals surface area contributed by atoms with E-state index in [1.807, 2.05) is 40.0 Å². The van der Waals surface area contributed by atoms with Crippen molar-refractivity contribution in [3.05, 3.63) is 47.9 Å². The molecule has 28 heavy (non-hydrogen) atoms. The van der Waals surface area contributed by atoms with E-state index >= 15 is 0 Å². The molecular formula is C22H27N5O. The van der Waals surface area contributed by atoms with Crippen LogP contribution in [0, 0.1) is 5.92 Å². The fourth-order valence-corrected chi connectivity index (χ4v) is 4.84. The lowest BCUT2D eigenvalue weighted by atomic mass is 9.97. The normalized spacial score (nSPS) is 20.9. The number of amides is 1. The molecule has 2 aliphatic rings. The number of fused-ring (bicyclic) bond motifs is 1. The predicted molar refractivity (Wildman–Crippen MR) is 108 cm³/mol. The molecule has 1 N–H and O–H groups in total. The number of rotatable bonds is 4. The van der Waals surface area contributed by atoms with Gasteiger partial charge in [-0.05, 0) is 55.2 Å². The van der Waals surface area contributed by atoms with Crippen LogP contribution in [0.4, 0.5) is 0 Å². The van der Waals surface area contributed by atoms with Gasteiger partial charge in [-0.25, -0.2) is 0 Å². The summed E-state index contributed by atoms with van der Waals surface area (Å²) in [6.45, 7) is 2.47. The lowest BCUT2D eigenvalue weighted by Gasteiger charge is -2.32. The van der Waals surface area contributed by atoms with Crippen molar-refractivity contribution in [3.63, 3.8) is 0 Å². The van der Waals surface area contributed by atoms with E-state index in [-0.39, 0.29) is 5.91 Å². The van der Waals surface area contributed by atoms with Gasteiger partial charge in [-0.3, -0.25) is 9.48 Å². The highest BCUT2D eigenvalue weighted by molar-refractivity contribution is 5.98. The summed E-state index contributed by atoms with van der Waals surface area (Å²) in [5, 5.41) is 9.92. The zero-order valence-electron chi connectivity index (χ0n) is 16.2. The van der Waals surface area contributed by atoms with Crippen molar-refractivity contribution in [3.8, 4) is 0 Å². The van der Waals surface area contributed by atoms with Gasteiger partial charge in [-0.2, -0.15) is 0 Å². The fourth-order valence-electron chi connectivity index (χ4n) is 4.84. The summed E-state index contributed by atoms with van der Waals surface area (Å²) in [6.07, 6.45) is 11.3. The molecule has 1 atom stereocenters. The first-order chi connectivity index (χ1) is 13.8. The molecule has 146 valence electrons. The molecule has 1 saturated carbocycles. The monoisotopic (exact) mass is 377 g/mol. The molecule has 1 aliphatic heterocycles. The van der Waals surface area contributed by atoms with E-state index in [2.05, 4.69) is 21.5 Å². The van der Waals surface area contributed by atoms with Gasteiger partial charge in [0.05, 0.1) is 5.69 Å². The summed E-state index contributed by atoms with van der Waals surface area (Å²) in [5.74, 6) is 1.16. The van der Waals surface area contributed by atoms with Crippen LogP contribution in [0.2, 0.25) is 0 Å². The number of piperidine rings is 1. The Kier molecular flexibility index (Phi) is 4.63. The zero-order valence-corrected chi connectivity index (χ0v) is 16.2. The maximum absolute atomic E-state index is 13.0. The van der Waals surface area contributed by atoms with Gasteiger partial charge in [0.1, 0.15) is 0 Å². The smallest absolute Gasteiger partial charge is 0.253 e. The second kappa shape index (κ2) is 7.41. The van der Waals surface area contributed by atoms with Crippen LogP contribution in [0.3, 0.4) is 0 Å². The second-order valence-electron chi connectivity index (χ2n) is 8.39. The fraction of sp³-hybridized carbons (Fsp3) is 0.500. The van der Waals surface area contributed by atoms with Crippen LogP contribution < -0.4 is 0 Å². The number of nitrogens with zero attached hydrogens (tertiary/aromatic N) is 4. The maximum atomic E-state index is 13.0. The third kappa shape index (κ3) is 3.43. The van der Waals surface area contributed by atoms with Crippen LogP contribution in [0.15, 0.2) is 36.7 Å². The first kappa shape index (κ1) is 17.5. The molecule has 1 amide bonds. The van der Waals surface area contributed by atoms with E-state index in [0.29, 0.717) is 11.8 Å². The average Bonchev–Trinajstić information content (AvgIpc) is 3.47. The number of hydrogen-bond donors (Lipinski definition) is 1. The number of H-pyrrole nitrogens is 1. The summed E-state index contributed by atoms with van der Waals surface area (Å²) in [4.78, 5) is 18.2. The lowest BCUT2D eigenvalue weighted by Crippen LogP contribution is -2.41. The van der Waals surface area contributed by atoms with E-state index < -0.39 is 0 Å². The summed E-state index contributed by atoms with van der Waals surface area (Å²) in [7, 11) is 0. The Morgan fingerprint density at radius 1 is 1.14 bits per heavy atom. The van der Waals surface area contributed by atoms with Crippen molar-refractivity contribution in [2.24, 2.45) is 5.92 Å². The van der Waals surface area contributed by atoms with Crippen molar-refractivity contribution in [2.45, 2.75) is 51.0 Å². The predicted octanol–water partition coefficient (Wildman–Crippen LogP) is 3.97. The third-order valence-corrected chi connectivity index (χ3v) is 6.38. The van der Waals surface area contributed by atoms with Gasteiger partial charge in [-0.15, -0.1) is 5.10 Å². The standard InChI is InChI=1S/C22H27N5O/c28-22(19-8-7-18-9-10-23-20(18)12-19)26-11-3-4-16(13-26)14-27-15-21(24-25-27)17-5-1-2-6-17/h7-10,12,15-17,23H,1-6,11,13-14H2/t16-/m0/s1. The molecular weight excluding hydrogens is 350 g/mol. The highest BCUT2D eigenvalue weighted by Gasteiger charge is 2.26. The van der Waals surface area contributed by atoms with Gasteiger partial charge in [-0.1, -0.05) is 24.1 Å². The van der Waals surface area contributed by atoms with E-state index in [0.717, 1.165) is 54.6 Å². The van der Waals surface area contributed by atoms with Gasteiger partial charge >= 0.3 is 0 Å². The highest BCUT2D eigenvalue weighted by atomic mass is 16.2. The Morgan fingerprint density at radius 3 is 2.93 bits per heavy atom. The van der Waals surface area contributed by atoms with E-state index in [1.165, 1.54) is 25.7 Å². The van der Waals surface area contributed by atoms with Crippen molar-refractivity contribution < 1.29 is 4.79 Å². The van der Waals surface area contributed by atoms with Gasteiger partial charge in [0.25, 0.3) is 5.91 Å². The Hall–Kier alpha value is -2.63. The van der Waals surface area contributed by atoms with Crippen LogP contribution in [-0.4, -0.2) is 43.9 Å². The summed E-state index contributed by atoms with van der Waals surface area (Å²) < 4.78 is 2.00. The van der Waals surface area contributed by atoms with Gasteiger partial charge in [0.2, 0.25) is 0 Å². The van der Waals surface area contributed by atoms with E-state index in [1.54, 1.807) is 0 Å². The SMILES string of the molecule is O=C(c1ccc2cc[nH]c2c1)N1CCC[C@H](Cn2cc(C3CCCC3)nn2)C1. The minimum atomic E-state index is 0.131. The Bertz CT molecular complexity index is 968. The van der Waals surface area contributed by atoms with Crippen LogP contribution in [0.25, 0.3) is 10.9 Å². The Labute approximate surface area is 164 Å². The average molecular weight is 377 g/mol. The molecule has 1 saturated heterocycles. The number of benzene rings is 1. The summed E-state index contributed by atoms with van der Waals surface area (Å²) >= 11 is 0. The Balaban J connectivity index is 1.24. The number of carbonyl (C=O) groups excluding carboxylic acids is 1. The number of aromatic nitrogens is 4. The first-order valence-electron chi connectivity index (χ1n) is 10.5. The molecule has 3 heterocycles. The number of hydrogen-bond acceptors (Lipinski definition) is 3. The second-order valence-corrected chi connectivity index (χ2v) is 8.39. The molecule has 0 unspecified atom stereocenters. The first-order valence-corrected chi connectivity index (χ1v) is 10.5. The minimum Gasteiger partial charge on any atom is -0.361 e. The minimum absolute atomic E-state index is 0.131. The molecule has 0 radical (unpaired) electrons. The van der Waals surface area contributed by atoms with Crippen LogP contribution in [0.1, 0.15) is 60.5 Å². The molecule has 2 aromatic heterocycles. The summed E-state index contributed by atoms with van der Waals surface area (Å²) in [6, 6.07) is 7.94. The molecule has 5 rings (SSSR count). The van der Waals surface area contributed by atoms with Gasteiger partial charge in [0, 0.05) is 49.0 Å². The molecule has 0 bridgehead atoms. The van der Waals surface area contributed by atoms with Crippen molar-refractivity contribution in [1.82, 2.24) is 24.9 Å². The lowest BCUT2D eigenvalue weighted by molar-refractivity contribution is 0.0659. The molecule has 6 heteroatoms. The van der Waals surface area contributed by atoms with Crippen LogP contribution in [0.5, 0.6) is 0 Å². The highest BCUT2D eigenvalue weighted by Crippen LogP contribution is 2.32. The Morgan fingerprint density at radius 2 is 2.04 bits per heavy atom. The molecule has 3 aromatic rings.